The lowest BCUT2D eigenvalue weighted by Gasteiger charge is -2.21. The van der Waals surface area contributed by atoms with Gasteiger partial charge in [-0.3, -0.25) is 9.27 Å². The predicted octanol–water partition coefficient (Wildman–Crippen LogP) is 4.42. The molecule has 0 aliphatic heterocycles. The molecule has 18 heteroatoms. The second-order valence-corrected chi connectivity index (χ2v) is 13.8. The summed E-state index contributed by atoms with van der Waals surface area (Å²) in [5, 5.41) is 17.6. The molecule has 0 atom stereocenters. The molecule has 3 N–H and O–H groups in total. The number of phenolic OH excluding ortho intramolecular Hbond substituents is 1. The van der Waals surface area contributed by atoms with Crippen LogP contribution in [0.5, 0.6) is 5.75 Å². The zero-order valence-electron chi connectivity index (χ0n) is 31.1. The van der Waals surface area contributed by atoms with Gasteiger partial charge in [0, 0.05) is 38.6 Å². The number of phenols is 1. The summed E-state index contributed by atoms with van der Waals surface area (Å²) < 4.78 is 45.7. The van der Waals surface area contributed by atoms with Gasteiger partial charge in [-0.1, -0.05) is 24.3 Å². The first kappa shape index (κ1) is 40.4. The summed E-state index contributed by atoms with van der Waals surface area (Å²) in [5.74, 6) is -0.588. The van der Waals surface area contributed by atoms with E-state index in [0.717, 1.165) is 33.6 Å². The van der Waals surface area contributed by atoms with Crippen LogP contribution >= 0.6 is 0 Å². The van der Waals surface area contributed by atoms with Gasteiger partial charge in [0.15, 0.2) is 0 Å². The molecule has 4 aromatic carbocycles. The number of rotatable bonds is 14. The Kier molecular flexibility index (Phi) is 13.3. The van der Waals surface area contributed by atoms with Gasteiger partial charge in [-0.15, -0.1) is 0 Å². The Morgan fingerprint density at radius 1 is 0.679 bits per heavy atom. The topological polar surface area (TPSA) is 207 Å². The Bertz CT molecular complexity index is 2320. The molecule has 6 aromatic rings. The number of methoxy groups -OCH3 is 2. The van der Waals surface area contributed by atoms with E-state index in [1.54, 1.807) is 82.7 Å². The molecule has 2 aromatic heterocycles. The van der Waals surface area contributed by atoms with Gasteiger partial charge in [-0.25, -0.2) is 28.9 Å². The van der Waals surface area contributed by atoms with E-state index < -0.39 is 16.3 Å². The van der Waals surface area contributed by atoms with Crippen molar-refractivity contribution in [3.8, 4) is 5.75 Å². The average molecular weight is 784 g/mol. The van der Waals surface area contributed by atoms with Crippen LogP contribution in [0.2, 0.25) is 0 Å². The number of aromatic nitrogens is 6. The molecule has 56 heavy (non-hydrogen) atoms. The van der Waals surface area contributed by atoms with Crippen LogP contribution in [0.4, 0.5) is 17.1 Å². The number of nitrogens with zero attached hydrogens (tertiary/aromatic N) is 8. The van der Waals surface area contributed by atoms with Crippen molar-refractivity contribution in [3.05, 3.63) is 144 Å². The summed E-state index contributed by atoms with van der Waals surface area (Å²) in [5.41, 5.74) is 6.58. The van der Waals surface area contributed by atoms with Gasteiger partial charge < -0.3 is 24.4 Å². The molecule has 0 aliphatic rings. The second-order valence-electron chi connectivity index (χ2n) is 12.6. The molecule has 6 rings (SSSR count). The minimum absolute atomic E-state index is 0.235. The highest BCUT2D eigenvalue weighted by atomic mass is 32.2. The van der Waals surface area contributed by atoms with Gasteiger partial charge in [0.2, 0.25) is 0 Å². The lowest BCUT2D eigenvalue weighted by molar-refractivity contribution is 0.0592. The maximum absolute atomic E-state index is 12.1. The number of esters is 2. The molecule has 0 spiro atoms. The molecule has 0 aliphatic carbocycles. The summed E-state index contributed by atoms with van der Waals surface area (Å²) in [7, 11) is 2.21. The molecular weight excluding hydrogens is 743 g/mol. The third-order valence-corrected chi connectivity index (χ3v) is 8.77. The van der Waals surface area contributed by atoms with E-state index in [4.69, 9.17) is 14.0 Å². The lowest BCUT2D eigenvalue weighted by atomic mass is 10.1. The van der Waals surface area contributed by atoms with E-state index in [9.17, 15) is 23.1 Å². The highest BCUT2D eigenvalue weighted by Gasteiger charge is 2.14. The van der Waals surface area contributed by atoms with E-state index in [1.807, 2.05) is 52.9 Å². The van der Waals surface area contributed by atoms with Gasteiger partial charge >= 0.3 is 22.2 Å². The van der Waals surface area contributed by atoms with E-state index >= 15 is 0 Å². The Labute approximate surface area is 323 Å². The molecule has 0 bridgehead atoms. The van der Waals surface area contributed by atoms with Crippen molar-refractivity contribution in [2.75, 3.05) is 42.8 Å². The van der Waals surface area contributed by atoms with Crippen molar-refractivity contribution in [2.24, 2.45) is 0 Å². The number of benzene rings is 4. The number of nitrogens with one attached hydrogen (secondary N) is 1. The fraction of sp³-hybridized carbons (Fsp3) is 0.211. The SMILES string of the molecule is COC(=O)c1cc(Cn2cncn2)cc(N(C)Cc2ccc(NS(=O)(=O)O)cc2)c1.COC(=O)c1cc(Cn2cncn2)cc(N(C)Cc2ccc(O)cc2)c1. The van der Waals surface area contributed by atoms with Crippen LogP contribution < -0.4 is 14.5 Å². The number of anilines is 3. The highest BCUT2D eigenvalue weighted by Crippen LogP contribution is 2.24. The van der Waals surface area contributed by atoms with E-state index in [2.05, 4.69) is 20.2 Å². The predicted molar refractivity (Wildman–Crippen MR) is 208 cm³/mol. The van der Waals surface area contributed by atoms with Crippen LogP contribution in [0.3, 0.4) is 0 Å². The molecule has 0 unspecified atom stereocenters. The first-order valence-corrected chi connectivity index (χ1v) is 18.4. The fourth-order valence-corrected chi connectivity index (χ4v) is 6.04. The third kappa shape index (κ3) is 11.9. The lowest BCUT2D eigenvalue weighted by Crippen LogP contribution is -2.18. The van der Waals surface area contributed by atoms with E-state index in [-0.39, 0.29) is 17.4 Å². The minimum Gasteiger partial charge on any atom is -0.508 e. The summed E-state index contributed by atoms with van der Waals surface area (Å²) in [6.45, 7) is 2.08. The smallest absolute Gasteiger partial charge is 0.357 e. The Morgan fingerprint density at radius 3 is 1.48 bits per heavy atom. The van der Waals surface area contributed by atoms with Crippen molar-refractivity contribution >= 4 is 39.3 Å². The van der Waals surface area contributed by atoms with Crippen molar-refractivity contribution in [3.63, 3.8) is 0 Å². The van der Waals surface area contributed by atoms with Crippen LogP contribution in [0.1, 0.15) is 43.0 Å². The third-order valence-electron chi connectivity index (χ3n) is 8.28. The zero-order chi connectivity index (χ0) is 40.2. The van der Waals surface area contributed by atoms with Crippen LogP contribution in [0.15, 0.2) is 110 Å². The highest BCUT2D eigenvalue weighted by molar-refractivity contribution is 7.87. The van der Waals surface area contributed by atoms with E-state index in [0.29, 0.717) is 37.3 Å². The molecule has 0 radical (unpaired) electrons. The number of hydrogen-bond donors (Lipinski definition) is 3. The molecule has 0 fully saturated rings. The first-order valence-electron chi connectivity index (χ1n) is 16.9. The summed E-state index contributed by atoms with van der Waals surface area (Å²) in [4.78, 5) is 36.0. The zero-order valence-corrected chi connectivity index (χ0v) is 31.9. The summed E-state index contributed by atoms with van der Waals surface area (Å²) >= 11 is 0. The quantitative estimate of drug-likeness (QED) is 0.103. The Balaban J connectivity index is 0.000000216. The molecule has 2 heterocycles. The molecule has 17 nitrogen and oxygen atoms in total. The Hall–Kier alpha value is -6.79. The molecule has 0 saturated carbocycles. The van der Waals surface area contributed by atoms with Crippen molar-refractivity contribution < 1.29 is 37.1 Å². The summed E-state index contributed by atoms with van der Waals surface area (Å²) in [6, 6.07) is 24.7. The van der Waals surface area contributed by atoms with E-state index in [1.165, 1.54) is 26.9 Å². The molecule has 0 amide bonds. The number of carbonyl (C=O) groups excluding carboxylic acids is 2. The first-order chi connectivity index (χ1) is 26.8. The number of ether oxygens (including phenoxy) is 2. The van der Waals surface area contributed by atoms with Crippen molar-refractivity contribution in [2.45, 2.75) is 26.2 Å². The number of hydrogen-bond acceptors (Lipinski definition) is 13. The van der Waals surface area contributed by atoms with Gasteiger partial charge in [0.25, 0.3) is 0 Å². The average Bonchev–Trinajstić information content (AvgIpc) is 3.90. The molecule has 292 valence electrons. The van der Waals surface area contributed by atoms with Crippen molar-refractivity contribution in [1.82, 2.24) is 29.5 Å². The van der Waals surface area contributed by atoms with Gasteiger partial charge in [0.05, 0.1) is 44.1 Å². The maximum atomic E-state index is 12.1. The number of aromatic hydroxyl groups is 1. The largest absolute Gasteiger partial charge is 0.508 e. The van der Waals surface area contributed by atoms with Crippen LogP contribution in [-0.2, 0) is 46.0 Å². The fourth-order valence-electron chi connectivity index (χ4n) is 5.60. The molecular formula is C38H41N9O8S. The second kappa shape index (κ2) is 18.5. The monoisotopic (exact) mass is 783 g/mol. The van der Waals surface area contributed by atoms with Gasteiger partial charge in [0.1, 0.15) is 31.1 Å². The molecule has 0 saturated heterocycles. The van der Waals surface area contributed by atoms with Crippen LogP contribution in [0, 0.1) is 0 Å². The minimum atomic E-state index is -4.31. The van der Waals surface area contributed by atoms with Gasteiger partial charge in [-0.05, 0) is 82.9 Å². The maximum Gasteiger partial charge on any atom is 0.357 e. The normalized spacial score (nSPS) is 10.9. The Morgan fingerprint density at radius 2 is 1.11 bits per heavy atom. The summed E-state index contributed by atoms with van der Waals surface area (Å²) in [6.07, 6.45) is 6.14. The van der Waals surface area contributed by atoms with Crippen LogP contribution in [-0.4, -0.2) is 87.9 Å². The van der Waals surface area contributed by atoms with Crippen molar-refractivity contribution in [1.29, 1.82) is 0 Å². The standard InChI is InChI=1S/C19H21N5O5S.C19H20N4O3/c1-23(10-14-3-5-17(6-4-14)22-30(26,27)28)18-8-15(11-24-13-20-12-21-24)7-16(9-18)19(25)29-2;1-22(10-14-3-5-18(24)6-4-14)17-8-15(11-23-13-20-12-21-23)7-16(9-17)19(25)26-2/h3-9,12-13,22H,10-11H2,1-2H3,(H,26,27,28);3-9,12-13,24H,10-11H2,1-2H3. The van der Waals surface area contributed by atoms with Gasteiger partial charge in [-0.2, -0.15) is 18.6 Å². The number of carbonyl (C=O) groups is 2. The van der Waals surface area contributed by atoms with Crippen LogP contribution in [0.25, 0.3) is 0 Å².